The molecule has 174 valence electrons. The molecule has 1 N–H and O–H groups in total. The molecule has 3 aromatic carbocycles. The van der Waals surface area contributed by atoms with E-state index in [4.69, 9.17) is 21.1 Å². The molecule has 4 rings (SSSR count). The van der Waals surface area contributed by atoms with Gasteiger partial charge in [-0.3, -0.25) is 19.3 Å². The number of halogens is 1. The van der Waals surface area contributed by atoms with Crippen LogP contribution in [0.25, 0.3) is 0 Å². The second-order valence-electron chi connectivity index (χ2n) is 7.82. The maximum absolute atomic E-state index is 12.7. The summed E-state index contributed by atoms with van der Waals surface area (Å²) >= 11 is 5.95. The molecule has 3 aromatic rings. The normalized spacial score (nSPS) is 13.5. The highest BCUT2D eigenvalue weighted by Crippen LogP contribution is 2.33. The van der Waals surface area contributed by atoms with E-state index in [1.807, 2.05) is 37.3 Å². The first-order valence-corrected chi connectivity index (χ1v) is 11.1. The van der Waals surface area contributed by atoms with E-state index in [-0.39, 0.29) is 43.4 Å². The Hall–Kier alpha value is -3.84. The van der Waals surface area contributed by atoms with E-state index in [0.29, 0.717) is 27.8 Å². The zero-order chi connectivity index (χ0) is 24.1. The fraction of sp³-hybridized carbons (Fsp3) is 0.192. The van der Waals surface area contributed by atoms with Crippen LogP contribution in [0.5, 0.6) is 11.5 Å². The lowest BCUT2D eigenvalue weighted by Crippen LogP contribution is -2.45. The van der Waals surface area contributed by atoms with E-state index < -0.39 is 0 Å². The molecule has 34 heavy (non-hydrogen) atoms. The molecular weight excluding hydrogens is 456 g/mol. The molecule has 1 aliphatic rings. The summed E-state index contributed by atoms with van der Waals surface area (Å²) in [6, 6.07) is 20.8. The molecule has 0 radical (unpaired) electrons. The van der Waals surface area contributed by atoms with E-state index in [0.717, 1.165) is 5.56 Å². The average Bonchev–Trinajstić information content (AvgIpc) is 2.84. The number of benzene rings is 3. The van der Waals surface area contributed by atoms with Crippen LogP contribution >= 0.6 is 11.6 Å². The monoisotopic (exact) mass is 478 g/mol. The highest BCUT2D eigenvalue weighted by atomic mass is 35.5. The fourth-order valence-corrected chi connectivity index (χ4v) is 3.77. The van der Waals surface area contributed by atoms with Gasteiger partial charge < -0.3 is 14.8 Å². The first kappa shape index (κ1) is 23.3. The number of rotatable bonds is 8. The van der Waals surface area contributed by atoms with E-state index >= 15 is 0 Å². The number of nitrogens with zero attached hydrogens (tertiary/aromatic N) is 1. The summed E-state index contributed by atoms with van der Waals surface area (Å²) in [5, 5.41) is 3.41. The molecule has 0 fully saturated rings. The maximum Gasteiger partial charge on any atom is 0.265 e. The van der Waals surface area contributed by atoms with E-state index in [1.54, 1.807) is 42.5 Å². The van der Waals surface area contributed by atoms with Gasteiger partial charge in [-0.25, -0.2) is 0 Å². The number of hydrogen-bond acceptors (Lipinski definition) is 5. The minimum Gasteiger partial charge on any atom is -0.485 e. The molecule has 0 aromatic heterocycles. The van der Waals surface area contributed by atoms with E-state index in [2.05, 4.69) is 5.32 Å². The largest absolute Gasteiger partial charge is 0.485 e. The van der Waals surface area contributed by atoms with Crippen LogP contribution in [0.3, 0.4) is 0 Å². The minimum absolute atomic E-state index is 0.181. The summed E-state index contributed by atoms with van der Waals surface area (Å²) in [4.78, 5) is 39.3. The second-order valence-corrected chi connectivity index (χ2v) is 8.26. The third-order valence-corrected chi connectivity index (χ3v) is 5.60. The third-order valence-electron chi connectivity index (χ3n) is 5.37. The Balaban J connectivity index is 1.46. The van der Waals surface area contributed by atoms with Crippen molar-refractivity contribution in [1.29, 1.82) is 0 Å². The van der Waals surface area contributed by atoms with Crippen molar-refractivity contribution in [2.75, 3.05) is 24.7 Å². The molecule has 0 saturated heterocycles. The number of anilines is 1. The number of amides is 2. The van der Waals surface area contributed by atoms with Crippen LogP contribution in [0.2, 0.25) is 5.02 Å². The lowest BCUT2D eigenvalue weighted by Gasteiger charge is -2.29. The van der Waals surface area contributed by atoms with Crippen molar-refractivity contribution in [2.24, 2.45) is 0 Å². The van der Waals surface area contributed by atoms with Crippen LogP contribution in [0.15, 0.2) is 72.8 Å². The first-order chi connectivity index (χ1) is 16.4. The van der Waals surface area contributed by atoms with Crippen molar-refractivity contribution < 1.29 is 23.9 Å². The summed E-state index contributed by atoms with van der Waals surface area (Å²) in [5.74, 6) is -0.0739. The van der Waals surface area contributed by atoms with Gasteiger partial charge in [0.25, 0.3) is 5.91 Å². The van der Waals surface area contributed by atoms with Gasteiger partial charge in [-0.15, -0.1) is 0 Å². The molecular formula is C26H23ClN2O5. The SMILES string of the molecule is CC(NC(=O)CN1C(=O)COc2ccc(C(=O)COc3cccc(Cl)c3)cc21)c1ccccc1. The Labute approximate surface area is 202 Å². The highest BCUT2D eigenvalue weighted by molar-refractivity contribution is 6.30. The van der Waals surface area contributed by atoms with Gasteiger partial charge in [0.05, 0.1) is 11.7 Å². The molecule has 2 amide bonds. The summed E-state index contributed by atoms with van der Waals surface area (Å²) < 4.78 is 11.0. The van der Waals surface area contributed by atoms with Gasteiger partial charge in [-0.1, -0.05) is 48.0 Å². The molecule has 1 heterocycles. The van der Waals surface area contributed by atoms with Crippen molar-refractivity contribution in [3.05, 3.63) is 88.9 Å². The van der Waals surface area contributed by atoms with Gasteiger partial charge >= 0.3 is 0 Å². The Morgan fingerprint density at radius 1 is 1.09 bits per heavy atom. The topological polar surface area (TPSA) is 84.9 Å². The van der Waals surface area contributed by atoms with Gasteiger partial charge in [-0.2, -0.15) is 0 Å². The molecule has 0 aliphatic carbocycles. The predicted molar refractivity (Wildman–Crippen MR) is 129 cm³/mol. The maximum atomic E-state index is 12.7. The Bertz CT molecular complexity index is 1210. The molecule has 8 heteroatoms. The summed E-state index contributed by atoms with van der Waals surface area (Å²) in [6.07, 6.45) is 0. The van der Waals surface area contributed by atoms with Crippen molar-refractivity contribution >= 4 is 34.9 Å². The van der Waals surface area contributed by atoms with Crippen LogP contribution < -0.4 is 19.7 Å². The number of hydrogen-bond donors (Lipinski definition) is 1. The molecule has 1 atom stereocenters. The predicted octanol–water partition coefficient (Wildman–Crippen LogP) is 4.20. The number of nitrogens with one attached hydrogen (secondary N) is 1. The van der Waals surface area contributed by atoms with Gasteiger partial charge in [0.2, 0.25) is 5.91 Å². The Morgan fingerprint density at radius 3 is 2.65 bits per heavy atom. The van der Waals surface area contributed by atoms with Crippen molar-refractivity contribution in [3.8, 4) is 11.5 Å². The molecule has 1 aliphatic heterocycles. The standard InChI is InChI=1S/C26H23ClN2O5/c1-17(18-6-3-2-4-7-18)28-25(31)14-29-22-12-19(10-11-24(22)34-16-26(29)32)23(30)15-33-21-9-5-8-20(27)13-21/h2-13,17H,14-16H2,1H3,(H,28,31). The van der Waals surface area contributed by atoms with Crippen molar-refractivity contribution in [2.45, 2.75) is 13.0 Å². The number of carbonyl (C=O) groups is 3. The van der Waals surface area contributed by atoms with Gasteiger partial charge in [0.15, 0.2) is 19.0 Å². The third kappa shape index (κ3) is 5.55. The van der Waals surface area contributed by atoms with Crippen LogP contribution in [0.1, 0.15) is 28.9 Å². The summed E-state index contributed by atoms with van der Waals surface area (Å²) in [6.45, 7) is 1.30. The fourth-order valence-electron chi connectivity index (χ4n) is 3.59. The number of fused-ring (bicyclic) bond motifs is 1. The zero-order valence-corrected chi connectivity index (χ0v) is 19.2. The Morgan fingerprint density at radius 2 is 1.88 bits per heavy atom. The molecule has 0 bridgehead atoms. The summed E-state index contributed by atoms with van der Waals surface area (Å²) in [5.41, 5.74) is 1.66. The molecule has 1 unspecified atom stereocenters. The lowest BCUT2D eigenvalue weighted by molar-refractivity contribution is -0.125. The van der Waals surface area contributed by atoms with Gasteiger partial charge in [0, 0.05) is 10.6 Å². The lowest BCUT2D eigenvalue weighted by atomic mass is 10.1. The molecule has 0 spiro atoms. The average molecular weight is 479 g/mol. The van der Waals surface area contributed by atoms with Gasteiger partial charge in [0.1, 0.15) is 18.0 Å². The van der Waals surface area contributed by atoms with Crippen LogP contribution in [-0.4, -0.2) is 37.4 Å². The van der Waals surface area contributed by atoms with Crippen LogP contribution in [0, 0.1) is 0 Å². The summed E-state index contributed by atoms with van der Waals surface area (Å²) in [7, 11) is 0. The van der Waals surface area contributed by atoms with Crippen molar-refractivity contribution in [3.63, 3.8) is 0 Å². The molecule has 0 saturated carbocycles. The number of carbonyl (C=O) groups excluding carboxylic acids is 3. The first-order valence-electron chi connectivity index (χ1n) is 10.7. The second kappa shape index (κ2) is 10.4. The Kier molecular flexibility index (Phi) is 7.13. The highest BCUT2D eigenvalue weighted by Gasteiger charge is 2.28. The smallest absolute Gasteiger partial charge is 0.265 e. The number of ether oxygens (including phenoxy) is 2. The minimum atomic E-state index is -0.366. The van der Waals surface area contributed by atoms with Crippen molar-refractivity contribution in [1.82, 2.24) is 5.32 Å². The van der Waals surface area contributed by atoms with Gasteiger partial charge in [-0.05, 0) is 48.9 Å². The molecule has 7 nitrogen and oxygen atoms in total. The number of Topliss-reactive ketones (excluding diaryl/α,β-unsaturated/α-hetero) is 1. The quantitative estimate of drug-likeness (QED) is 0.490. The zero-order valence-electron chi connectivity index (χ0n) is 18.5. The van der Waals surface area contributed by atoms with E-state index in [9.17, 15) is 14.4 Å². The van der Waals surface area contributed by atoms with Crippen LogP contribution in [0.4, 0.5) is 5.69 Å². The van der Waals surface area contributed by atoms with E-state index in [1.165, 1.54) is 4.90 Å². The van der Waals surface area contributed by atoms with Crippen LogP contribution in [-0.2, 0) is 9.59 Å². The number of ketones is 1.